The molecule has 0 aliphatic carbocycles. The van der Waals surface area contributed by atoms with E-state index in [4.69, 9.17) is 18.3 Å². The summed E-state index contributed by atoms with van der Waals surface area (Å²) in [4.78, 5) is 11.3. The van der Waals surface area contributed by atoms with Crippen molar-refractivity contribution in [3.63, 3.8) is 0 Å². The number of rotatable bonds is 13. The summed E-state index contributed by atoms with van der Waals surface area (Å²) in [6.07, 6.45) is 0.737. The maximum atomic E-state index is 11.3. The summed E-state index contributed by atoms with van der Waals surface area (Å²) in [5, 5.41) is 9.78. The molecule has 1 unspecified atom stereocenters. The largest absolute Gasteiger partial charge is 0.460 e. The molecule has 0 amide bonds. The molecule has 0 heterocycles. The number of carbonyl (C=O) groups excluding carboxylic acids is 1. The second kappa shape index (κ2) is 10.9. The third-order valence-corrected chi connectivity index (χ3v) is 6.84. The number of hydrogen-bond acceptors (Lipinski definition) is 6. The highest BCUT2D eigenvalue weighted by atomic mass is 28.4. The van der Waals surface area contributed by atoms with Crippen molar-refractivity contribution in [2.45, 2.75) is 70.6 Å². The first-order valence-corrected chi connectivity index (χ1v) is 16.9. The second-order valence-corrected chi connectivity index (χ2v) is 19.2. The van der Waals surface area contributed by atoms with Crippen LogP contribution >= 0.6 is 0 Å². The van der Waals surface area contributed by atoms with Crippen LogP contribution in [0.1, 0.15) is 19.8 Å². The maximum absolute atomic E-state index is 11.3. The van der Waals surface area contributed by atoms with Crippen molar-refractivity contribution in [1.82, 2.24) is 0 Å². The number of aliphatic hydroxyl groups excluding tert-OH is 1. The van der Waals surface area contributed by atoms with Crippen molar-refractivity contribution >= 4 is 32.8 Å². The topological polar surface area (TPSA) is 74.2 Å². The van der Waals surface area contributed by atoms with Gasteiger partial charge < -0.3 is 23.4 Å². The van der Waals surface area contributed by atoms with Gasteiger partial charge in [-0.15, -0.1) is 0 Å². The van der Waals surface area contributed by atoms with Crippen LogP contribution in [-0.4, -0.2) is 69.3 Å². The zero-order chi connectivity index (χ0) is 20.6. The molecule has 154 valence electrons. The Kier molecular flexibility index (Phi) is 10.8. The van der Waals surface area contributed by atoms with Gasteiger partial charge in [-0.2, -0.15) is 0 Å². The van der Waals surface area contributed by atoms with Crippen molar-refractivity contribution in [2.24, 2.45) is 0 Å². The maximum Gasteiger partial charge on any atom is 0.333 e. The van der Waals surface area contributed by atoms with E-state index >= 15 is 0 Å². The van der Waals surface area contributed by atoms with E-state index in [1.54, 1.807) is 6.92 Å². The van der Waals surface area contributed by atoms with Crippen LogP contribution in [0.3, 0.4) is 0 Å². The van der Waals surface area contributed by atoms with E-state index in [1.807, 2.05) is 0 Å². The van der Waals surface area contributed by atoms with E-state index in [-0.39, 0.29) is 13.2 Å². The second-order valence-electron chi connectivity index (χ2n) is 8.77. The molecule has 0 aromatic carbocycles. The Bertz CT molecular complexity index is 440. The van der Waals surface area contributed by atoms with Crippen LogP contribution in [0.2, 0.25) is 39.3 Å². The molecule has 0 aromatic heterocycles. The molecule has 0 saturated heterocycles. The smallest absolute Gasteiger partial charge is 0.333 e. The molecule has 0 saturated carbocycles. The first-order chi connectivity index (χ1) is 11.6. The summed E-state index contributed by atoms with van der Waals surface area (Å²) in [7, 11) is -2.63. The summed E-state index contributed by atoms with van der Waals surface area (Å²) in [6.45, 7) is 18.6. The van der Waals surface area contributed by atoms with Gasteiger partial charge in [0.2, 0.25) is 0 Å². The fourth-order valence-electron chi connectivity index (χ4n) is 2.48. The predicted molar refractivity (Wildman–Crippen MR) is 113 cm³/mol. The van der Waals surface area contributed by atoms with Crippen LogP contribution in [-0.2, 0) is 23.1 Å². The van der Waals surface area contributed by atoms with Gasteiger partial charge in [0.05, 0.1) is 16.8 Å². The summed E-state index contributed by atoms with van der Waals surface area (Å²) in [5.74, 6) is -0.503. The lowest BCUT2D eigenvalue weighted by molar-refractivity contribution is -0.143. The molecular formula is C17H38O6Si3. The first-order valence-electron chi connectivity index (χ1n) is 9.12. The van der Waals surface area contributed by atoms with Crippen molar-refractivity contribution in [2.75, 3.05) is 19.8 Å². The van der Waals surface area contributed by atoms with Gasteiger partial charge in [0, 0.05) is 12.2 Å². The van der Waals surface area contributed by atoms with E-state index in [0.29, 0.717) is 12.2 Å². The molecule has 26 heavy (non-hydrogen) atoms. The number of ether oxygens (including phenoxy) is 2. The molecule has 0 bridgehead atoms. The zero-order valence-electron chi connectivity index (χ0n) is 17.8. The van der Waals surface area contributed by atoms with Crippen LogP contribution in [0.15, 0.2) is 12.2 Å². The van der Waals surface area contributed by atoms with Gasteiger partial charge in [-0.25, -0.2) is 4.79 Å². The fraction of sp³-hybridized carbons (Fsp3) is 0.824. The van der Waals surface area contributed by atoms with Gasteiger partial charge >= 0.3 is 5.97 Å². The average molecular weight is 423 g/mol. The first kappa shape index (κ1) is 25.7. The lowest BCUT2D eigenvalue weighted by atomic mass is 10.3. The van der Waals surface area contributed by atoms with Gasteiger partial charge in [0.15, 0.2) is 16.6 Å². The predicted octanol–water partition coefficient (Wildman–Crippen LogP) is 1.99. The molecule has 9 heteroatoms. The SMILES string of the molecule is C=C(C)C(=O)OCC(O)COCCCC([SiH3])(O[Si](C)(C)C)O[Si](C)(C)C. The Balaban J connectivity index is 4.26. The molecule has 0 aromatic rings. The Morgan fingerprint density at radius 3 is 2.04 bits per heavy atom. The van der Waals surface area contributed by atoms with Gasteiger partial charge in [-0.3, -0.25) is 0 Å². The van der Waals surface area contributed by atoms with Crippen molar-refractivity contribution in [3.8, 4) is 0 Å². The monoisotopic (exact) mass is 422 g/mol. The van der Waals surface area contributed by atoms with E-state index in [2.05, 4.69) is 45.9 Å². The van der Waals surface area contributed by atoms with Crippen LogP contribution in [0.5, 0.6) is 0 Å². The molecular weight excluding hydrogens is 384 g/mol. The summed E-state index contributed by atoms with van der Waals surface area (Å²) >= 11 is 0. The normalized spacial score (nSPS) is 14.3. The molecule has 6 nitrogen and oxygen atoms in total. The highest BCUT2D eigenvalue weighted by Crippen LogP contribution is 2.26. The van der Waals surface area contributed by atoms with E-state index in [0.717, 1.165) is 23.1 Å². The van der Waals surface area contributed by atoms with Crippen molar-refractivity contribution in [3.05, 3.63) is 12.2 Å². The Labute approximate surface area is 163 Å². The molecule has 0 fully saturated rings. The molecule has 0 aliphatic heterocycles. The third kappa shape index (κ3) is 13.8. The summed E-state index contributed by atoms with van der Waals surface area (Å²) in [6, 6.07) is 0. The van der Waals surface area contributed by atoms with Crippen LogP contribution in [0, 0.1) is 0 Å². The van der Waals surface area contributed by atoms with E-state index in [1.165, 1.54) is 0 Å². The Morgan fingerprint density at radius 1 is 1.12 bits per heavy atom. The van der Waals surface area contributed by atoms with Crippen molar-refractivity contribution < 1.29 is 28.2 Å². The number of esters is 1. The molecule has 1 atom stereocenters. The van der Waals surface area contributed by atoms with Gasteiger partial charge in [0.25, 0.3) is 0 Å². The van der Waals surface area contributed by atoms with E-state index < -0.39 is 34.1 Å². The lowest BCUT2D eigenvalue weighted by Crippen LogP contribution is -2.50. The number of hydrogen-bond donors (Lipinski definition) is 1. The molecule has 0 radical (unpaired) electrons. The van der Waals surface area contributed by atoms with Crippen LogP contribution in [0.25, 0.3) is 0 Å². The average Bonchev–Trinajstić information content (AvgIpc) is 2.39. The molecule has 0 aliphatic rings. The van der Waals surface area contributed by atoms with Gasteiger partial charge in [0.1, 0.15) is 18.1 Å². The zero-order valence-corrected chi connectivity index (χ0v) is 21.8. The molecule has 0 rings (SSSR count). The van der Waals surface area contributed by atoms with Crippen molar-refractivity contribution in [1.29, 1.82) is 0 Å². The summed E-state index contributed by atoms with van der Waals surface area (Å²) in [5.41, 5.74) is -0.153. The minimum Gasteiger partial charge on any atom is -0.460 e. The number of carbonyl (C=O) groups is 1. The fourth-order valence-corrected chi connectivity index (χ4v) is 9.47. The lowest BCUT2D eigenvalue weighted by Gasteiger charge is -2.41. The Morgan fingerprint density at radius 2 is 1.62 bits per heavy atom. The summed E-state index contributed by atoms with van der Waals surface area (Å²) < 4.78 is 23.1. The third-order valence-electron chi connectivity index (χ3n) is 3.03. The minimum atomic E-state index is -1.71. The van der Waals surface area contributed by atoms with Crippen LogP contribution < -0.4 is 0 Å². The highest BCUT2D eigenvalue weighted by Gasteiger charge is 2.35. The minimum absolute atomic E-state index is 0.0895. The Hall–Kier alpha value is -0.299. The van der Waals surface area contributed by atoms with Gasteiger partial charge in [-0.05, 0) is 59.0 Å². The molecule has 0 spiro atoms. The highest BCUT2D eigenvalue weighted by molar-refractivity contribution is 6.71. The number of aliphatic hydroxyl groups is 1. The van der Waals surface area contributed by atoms with Gasteiger partial charge in [-0.1, -0.05) is 6.58 Å². The van der Waals surface area contributed by atoms with E-state index in [9.17, 15) is 9.90 Å². The quantitative estimate of drug-likeness (QED) is 0.161. The van der Waals surface area contributed by atoms with Crippen LogP contribution in [0.4, 0.5) is 0 Å². The standard InChI is InChI=1S/C17H38O6Si3/c1-14(2)16(19)21-13-15(18)12-20-11-9-10-17(24,22-25(3,4)5)23-26(6,7)8/h15,18H,1,9-13H2,2-8,24H3. The molecule has 1 N–H and O–H groups in total.